The van der Waals surface area contributed by atoms with E-state index in [4.69, 9.17) is 5.11 Å². The van der Waals surface area contributed by atoms with Gasteiger partial charge in [-0.1, -0.05) is 18.2 Å². The third-order valence-corrected chi connectivity index (χ3v) is 3.06. The molecule has 0 atom stereocenters. The molecule has 2 rings (SSSR count). The van der Waals surface area contributed by atoms with Crippen molar-refractivity contribution in [2.75, 3.05) is 13.6 Å². The van der Waals surface area contributed by atoms with Crippen molar-refractivity contribution in [3.8, 4) is 0 Å². The Labute approximate surface area is 106 Å². The topological polar surface area (TPSA) is 45.5 Å². The molecule has 2 aromatic rings. The first-order valence-corrected chi connectivity index (χ1v) is 6.09. The van der Waals surface area contributed by atoms with Crippen LogP contribution in [0.1, 0.15) is 12.5 Å². The zero-order valence-corrected chi connectivity index (χ0v) is 10.8. The highest BCUT2D eigenvalue weighted by atomic mass is 16.4. The van der Waals surface area contributed by atoms with Gasteiger partial charge < -0.3 is 9.67 Å². The van der Waals surface area contributed by atoms with Gasteiger partial charge in [-0.15, -0.1) is 0 Å². The summed E-state index contributed by atoms with van der Waals surface area (Å²) in [7, 11) is 1.83. The Kier molecular flexibility index (Phi) is 3.67. The summed E-state index contributed by atoms with van der Waals surface area (Å²) in [6, 6.07) is 8.23. The van der Waals surface area contributed by atoms with Crippen LogP contribution in [0.5, 0.6) is 0 Å². The van der Waals surface area contributed by atoms with Gasteiger partial charge in [0.25, 0.3) is 0 Å². The monoisotopic (exact) mass is 246 g/mol. The summed E-state index contributed by atoms with van der Waals surface area (Å²) in [6.07, 6.45) is 2.11. The number of para-hydroxylation sites is 1. The maximum absolute atomic E-state index is 10.7. The van der Waals surface area contributed by atoms with Gasteiger partial charge in [0.15, 0.2) is 0 Å². The van der Waals surface area contributed by atoms with Gasteiger partial charge in [0.1, 0.15) is 0 Å². The van der Waals surface area contributed by atoms with Crippen molar-refractivity contribution >= 4 is 16.9 Å². The first-order valence-electron chi connectivity index (χ1n) is 6.09. The molecule has 0 spiro atoms. The number of hydrogen-bond donors (Lipinski definition) is 1. The minimum Gasteiger partial charge on any atom is -0.480 e. The van der Waals surface area contributed by atoms with E-state index in [9.17, 15) is 4.79 Å². The summed E-state index contributed by atoms with van der Waals surface area (Å²) in [5.41, 5.74) is 2.38. The summed E-state index contributed by atoms with van der Waals surface area (Å²) < 4.78 is 2.19. The van der Waals surface area contributed by atoms with Gasteiger partial charge in [-0.25, -0.2) is 0 Å². The molecule has 0 fully saturated rings. The molecule has 1 aromatic heterocycles. The largest absolute Gasteiger partial charge is 0.480 e. The number of aliphatic carboxylic acids is 1. The van der Waals surface area contributed by atoms with E-state index in [2.05, 4.69) is 29.8 Å². The van der Waals surface area contributed by atoms with Gasteiger partial charge in [-0.2, -0.15) is 0 Å². The third kappa shape index (κ3) is 2.54. The van der Waals surface area contributed by atoms with Crippen LogP contribution in [0, 0.1) is 0 Å². The lowest BCUT2D eigenvalue weighted by Gasteiger charge is -2.12. The number of aromatic nitrogens is 1. The van der Waals surface area contributed by atoms with Crippen molar-refractivity contribution in [3.05, 3.63) is 36.0 Å². The number of likely N-dealkylation sites (N-methyl/N-ethyl adjacent to an activating group) is 1. The summed E-state index contributed by atoms with van der Waals surface area (Å²) >= 11 is 0. The van der Waals surface area contributed by atoms with E-state index in [1.807, 2.05) is 24.1 Å². The summed E-state index contributed by atoms with van der Waals surface area (Å²) in [4.78, 5) is 12.5. The lowest BCUT2D eigenvalue weighted by Crippen LogP contribution is -2.24. The first kappa shape index (κ1) is 12.6. The van der Waals surface area contributed by atoms with Crippen LogP contribution >= 0.6 is 0 Å². The zero-order valence-electron chi connectivity index (χ0n) is 10.8. The van der Waals surface area contributed by atoms with Crippen LogP contribution in [-0.4, -0.2) is 34.1 Å². The van der Waals surface area contributed by atoms with Crippen LogP contribution in [0.4, 0.5) is 0 Å². The SMILES string of the molecule is CCn1cc(CN(C)CC(=O)O)c2ccccc21. The summed E-state index contributed by atoms with van der Waals surface area (Å²) in [5, 5.41) is 9.98. The van der Waals surface area contributed by atoms with E-state index in [0.29, 0.717) is 6.54 Å². The van der Waals surface area contributed by atoms with Crippen LogP contribution in [0.25, 0.3) is 10.9 Å². The number of fused-ring (bicyclic) bond motifs is 1. The van der Waals surface area contributed by atoms with E-state index < -0.39 is 5.97 Å². The number of benzene rings is 1. The molecule has 4 nitrogen and oxygen atoms in total. The number of carboxylic acids is 1. The molecule has 96 valence electrons. The number of nitrogens with zero attached hydrogens (tertiary/aromatic N) is 2. The van der Waals surface area contributed by atoms with Crippen LogP contribution < -0.4 is 0 Å². The molecule has 1 aromatic carbocycles. The fourth-order valence-electron chi connectivity index (χ4n) is 2.29. The summed E-state index contributed by atoms with van der Waals surface area (Å²) in [6.45, 7) is 3.74. The fourth-order valence-corrected chi connectivity index (χ4v) is 2.29. The van der Waals surface area contributed by atoms with Gasteiger partial charge in [-0.05, 0) is 25.6 Å². The van der Waals surface area contributed by atoms with E-state index in [0.717, 1.165) is 6.54 Å². The molecule has 0 saturated carbocycles. The van der Waals surface area contributed by atoms with Crippen LogP contribution in [0.3, 0.4) is 0 Å². The Balaban J connectivity index is 2.30. The van der Waals surface area contributed by atoms with Gasteiger partial charge in [-0.3, -0.25) is 9.69 Å². The van der Waals surface area contributed by atoms with Crippen molar-refractivity contribution in [2.24, 2.45) is 0 Å². The second kappa shape index (κ2) is 5.23. The second-order valence-electron chi connectivity index (χ2n) is 4.52. The van der Waals surface area contributed by atoms with Crippen molar-refractivity contribution in [1.82, 2.24) is 9.47 Å². The molecule has 0 saturated heterocycles. The second-order valence-corrected chi connectivity index (χ2v) is 4.52. The number of rotatable bonds is 5. The molecule has 4 heteroatoms. The Morgan fingerprint density at radius 2 is 2.11 bits per heavy atom. The standard InChI is InChI=1S/C14H18N2O2/c1-3-16-9-11(8-15(2)10-14(17)18)12-6-4-5-7-13(12)16/h4-7,9H,3,8,10H2,1-2H3,(H,17,18). The van der Waals surface area contributed by atoms with E-state index in [1.54, 1.807) is 0 Å². The van der Waals surface area contributed by atoms with Gasteiger partial charge >= 0.3 is 5.97 Å². The maximum Gasteiger partial charge on any atom is 0.317 e. The fraction of sp³-hybridized carbons (Fsp3) is 0.357. The Morgan fingerprint density at radius 1 is 1.39 bits per heavy atom. The lowest BCUT2D eigenvalue weighted by atomic mass is 10.1. The molecule has 0 unspecified atom stereocenters. The minimum atomic E-state index is -0.795. The molecule has 0 bridgehead atoms. The van der Waals surface area contributed by atoms with Crippen molar-refractivity contribution in [2.45, 2.75) is 20.0 Å². The van der Waals surface area contributed by atoms with E-state index in [1.165, 1.54) is 16.5 Å². The number of carboxylic acid groups (broad SMARTS) is 1. The lowest BCUT2D eigenvalue weighted by molar-refractivity contribution is -0.138. The van der Waals surface area contributed by atoms with Crippen LogP contribution in [0.2, 0.25) is 0 Å². The van der Waals surface area contributed by atoms with Gasteiger partial charge in [0.2, 0.25) is 0 Å². The highest BCUT2D eigenvalue weighted by Gasteiger charge is 2.10. The molecule has 0 amide bonds. The predicted molar refractivity (Wildman–Crippen MR) is 71.6 cm³/mol. The average Bonchev–Trinajstić information content (AvgIpc) is 2.67. The van der Waals surface area contributed by atoms with Crippen molar-refractivity contribution in [3.63, 3.8) is 0 Å². The number of aryl methyl sites for hydroxylation is 1. The van der Waals surface area contributed by atoms with Crippen molar-refractivity contribution < 1.29 is 9.90 Å². The smallest absolute Gasteiger partial charge is 0.317 e. The van der Waals surface area contributed by atoms with E-state index in [-0.39, 0.29) is 6.54 Å². The number of carbonyl (C=O) groups is 1. The molecule has 0 radical (unpaired) electrons. The Hall–Kier alpha value is -1.81. The predicted octanol–water partition coefficient (Wildman–Crippen LogP) is 2.18. The Bertz CT molecular complexity index is 560. The van der Waals surface area contributed by atoms with E-state index >= 15 is 0 Å². The number of hydrogen-bond acceptors (Lipinski definition) is 2. The molecule has 0 aliphatic rings. The highest BCUT2D eigenvalue weighted by Crippen LogP contribution is 2.22. The molecular weight excluding hydrogens is 228 g/mol. The van der Waals surface area contributed by atoms with Crippen LogP contribution in [0.15, 0.2) is 30.5 Å². The highest BCUT2D eigenvalue weighted by molar-refractivity contribution is 5.84. The zero-order chi connectivity index (χ0) is 13.1. The summed E-state index contributed by atoms with van der Waals surface area (Å²) in [5.74, 6) is -0.795. The molecule has 0 aliphatic heterocycles. The van der Waals surface area contributed by atoms with Crippen molar-refractivity contribution in [1.29, 1.82) is 0 Å². The molecule has 18 heavy (non-hydrogen) atoms. The maximum atomic E-state index is 10.7. The van der Waals surface area contributed by atoms with Gasteiger partial charge in [0, 0.05) is 30.2 Å². The average molecular weight is 246 g/mol. The molecular formula is C14H18N2O2. The molecule has 1 heterocycles. The molecule has 1 N–H and O–H groups in total. The van der Waals surface area contributed by atoms with Gasteiger partial charge in [0.05, 0.1) is 6.54 Å². The van der Waals surface area contributed by atoms with Crippen LogP contribution in [-0.2, 0) is 17.9 Å². The third-order valence-electron chi connectivity index (χ3n) is 3.06. The normalized spacial score (nSPS) is 11.3. The first-order chi connectivity index (χ1) is 8.61. The quantitative estimate of drug-likeness (QED) is 0.879. The minimum absolute atomic E-state index is 0.0611. The molecule has 0 aliphatic carbocycles. The Morgan fingerprint density at radius 3 is 2.78 bits per heavy atom.